The first kappa shape index (κ1) is 26.9. The first-order valence-electron chi connectivity index (χ1n) is 11.7. The van der Waals surface area contributed by atoms with Gasteiger partial charge in [-0.15, -0.1) is 0 Å². The summed E-state index contributed by atoms with van der Waals surface area (Å²) in [7, 11) is 0. The third-order valence-electron chi connectivity index (χ3n) is 6.34. The van der Waals surface area contributed by atoms with E-state index in [1.54, 1.807) is 0 Å². The minimum Gasteiger partial charge on any atom is -0.481 e. The molecule has 2 rings (SSSR count). The predicted octanol–water partition coefficient (Wildman–Crippen LogP) is 1.16. The lowest BCUT2D eigenvalue weighted by Crippen LogP contribution is -2.59. The zero-order chi connectivity index (χ0) is 23.7. The number of carboxylic acids is 1. The van der Waals surface area contributed by atoms with Gasteiger partial charge in [-0.3, -0.25) is 9.59 Å². The smallest absolute Gasteiger partial charge is 0.303 e. The van der Waals surface area contributed by atoms with Crippen molar-refractivity contribution < 1.29 is 44.6 Å². The van der Waals surface area contributed by atoms with E-state index < -0.39 is 49.4 Å². The fraction of sp³-hybridized carbons (Fsp3) is 0.826. The first-order chi connectivity index (χ1) is 15.3. The molecule has 0 radical (unpaired) electrons. The van der Waals surface area contributed by atoms with Crippen LogP contribution in [0, 0.1) is 11.8 Å². The highest BCUT2D eigenvalue weighted by atomic mass is 16.7. The van der Waals surface area contributed by atoms with Crippen LogP contribution in [0.25, 0.3) is 0 Å². The van der Waals surface area contributed by atoms with Gasteiger partial charge in [0, 0.05) is 24.7 Å². The molecule has 8 atom stereocenters. The molecule has 0 aromatic rings. The zero-order valence-corrected chi connectivity index (χ0v) is 18.7. The molecule has 32 heavy (non-hydrogen) atoms. The van der Waals surface area contributed by atoms with E-state index in [9.17, 15) is 30.0 Å². The van der Waals surface area contributed by atoms with E-state index in [1.807, 2.05) is 12.2 Å². The van der Waals surface area contributed by atoms with Crippen molar-refractivity contribution in [3.05, 3.63) is 12.2 Å². The number of ketones is 1. The van der Waals surface area contributed by atoms with E-state index in [2.05, 4.69) is 6.92 Å². The number of allylic oxidation sites excluding steroid dienone is 1. The van der Waals surface area contributed by atoms with Gasteiger partial charge in [0.05, 0.1) is 12.7 Å². The summed E-state index contributed by atoms with van der Waals surface area (Å²) in [4.78, 5) is 23.4. The van der Waals surface area contributed by atoms with Gasteiger partial charge in [0.15, 0.2) is 6.29 Å². The molecule has 0 bridgehead atoms. The lowest BCUT2D eigenvalue weighted by atomic mass is 9.88. The van der Waals surface area contributed by atoms with Crippen LogP contribution in [0.2, 0.25) is 0 Å². The van der Waals surface area contributed by atoms with Crippen molar-refractivity contribution in [1.82, 2.24) is 0 Å². The molecule has 4 unspecified atom stereocenters. The number of aliphatic carboxylic acids is 1. The van der Waals surface area contributed by atoms with Crippen LogP contribution >= 0.6 is 0 Å². The summed E-state index contributed by atoms with van der Waals surface area (Å²) >= 11 is 0. The minimum absolute atomic E-state index is 0.0660. The van der Waals surface area contributed by atoms with Crippen molar-refractivity contribution in [3.63, 3.8) is 0 Å². The van der Waals surface area contributed by atoms with Crippen LogP contribution in [0.3, 0.4) is 0 Å². The maximum absolute atomic E-state index is 12.8. The molecule has 9 nitrogen and oxygen atoms in total. The molecule has 1 aliphatic carbocycles. The number of Topliss-reactive ketones (excluding diaryl/α,β-unsaturated/α-hetero) is 1. The van der Waals surface area contributed by atoms with Gasteiger partial charge in [-0.2, -0.15) is 0 Å². The van der Waals surface area contributed by atoms with Crippen LogP contribution in [-0.2, 0) is 19.1 Å². The Morgan fingerprint density at radius 2 is 1.84 bits per heavy atom. The topological polar surface area (TPSA) is 154 Å². The molecule has 1 heterocycles. The van der Waals surface area contributed by atoms with Crippen LogP contribution < -0.4 is 0 Å². The van der Waals surface area contributed by atoms with Crippen molar-refractivity contribution in [2.75, 3.05) is 6.61 Å². The van der Waals surface area contributed by atoms with Gasteiger partial charge in [-0.25, -0.2) is 0 Å². The standard InChI is InChI=1S/C23H38O9/c1-2-3-6-10-15-14(9-7-4-5-8-11-19(26)27)16(25)12-17(15)31-23-22(30)21(29)20(28)18(13-24)32-23/h6,10,14-15,17-18,20-24,28-30H,2-5,7-9,11-13H2,1H3,(H,26,27)/t14?,15?,17?,18-,20-,21+,22-,23?/m1/s1. The molecular formula is C23H38O9. The highest BCUT2D eigenvalue weighted by Crippen LogP contribution is 2.38. The number of rotatable bonds is 13. The van der Waals surface area contributed by atoms with E-state index in [1.165, 1.54) is 0 Å². The second kappa shape index (κ2) is 13.4. The fourth-order valence-electron chi connectivity index (χ4n) is 4.48. The Morgan fingerprint density at radius 1 is 1.12 bits per heavy atom. The molecule has 2 fully saturated rings. The number of carbonyl (C=O) groups excluding carboxylic acids is 1. The highest BCUT2D eigenvalue weighted by Gasteiger charge is 2.48. The molecule has 184 valence electrons. The molecule has 1 aliphatic heterocycles. The van der Waals surface area contributed by atoms with Crippen LogP contribution in [0.1, 0.15) is 64.7 Å². The highest BCUT2D eigenvalue weighted by molar-refractivity contribution is 5.84. The number of hydrogen-bond acceptors (Lipinski definition) is 8. The summed E-state index contributed by atoms with van der Waals surface area (Å²) in [5, 5.41) is 48.4. The lowest BCUT2D eigenvalue weighted by molar-refractivity contribution is -0.312. The number of hydrogen-bond donors (Lipinski definition) is 5. The van der Waals surface area contributed by atoms with Gasteiger partial charge in [0.2, 0.25) is 0 Å². The van der Waals surface area contributed by atoms with Crippen LogP contribution in [0.5, 0.6) is 0 Å². The van der Waals surface area contributed by atoms with Crippen molar-refractivity contribution in [2.24, 2.45) is 11.8 Å². The van der Waals surface area contributed by atoms with Crippen molar-refractivity contribution in [2.45, 2.75) is 102 Å². The molecule has 0 spiro atoms. The van der Waals surface area contributed by atoms with Crippen LogP contribution in [0.4, 0.5) is 0 Å². The fourth-order valence-corrected chi connectivity index (χ4v) is 4.48. The second-order valence-electron chi connectivity index (χ2n) is 8.79. The second-order valence-corrected chi connectivity index (χ2v) is 8.79. The maximum atomic E-state index is 12.8. The quantitative estimate of drug-likeness (QED) is 0.202. The van der Waals surface area contributed by atoms with E-state index in [0.29, 0.717) is 12.8 Å². The number of carbonyl (C=O) groups is 2. The summed E-state index contributed by atoms with van der Waals surface area (Å²) in [5.41, 5.74) is 0. The number of aliphatic hydroxyl groups is 4. The summed E-state index contributed by atoms with van der Waals surface area (Å²) in [5.74, 6) is -1.18. The Kier molecular flexibility index (Phi) is 11.2. The molecule has 0 aromatic heterocycles. The van der Waals surface area contributed by atoms with E-state index in [-0.39, 0.29) is 30.5 Å². The van der Waals surface area contributed by atoms with Crippen molar-refractivity contribution in [1.29, 1.82) is 0 Å². The van der Waals surface area contributed by atoms with Gasteiger partial charge in [-0.05, 0) is 19.3 Å². The number of unbranched alkanes of at least 4 members (excludes halogenated alkanes) is 4. The van der Waals surface area contributed by atoms with Crippen LogP contribution in [0.15, 0.2) is 12.2 Å². The molecular weight excluding hydrogens is 420 g/mol. The summed E-state index contributed by atoms with van der Waals surface area (Å²) < 4.78 is 11.4. The maximum Gasteiger partial charge on any atom is 0.303 e. The first-order valence-corrected chi connectivity index (χ1v) is 11.7. The summed E-state index contributed by atoms with van der Waals surface area (Å²) in [6, 6.07) is 0. The molecule has 5 N–H and O–H groups in total. The molecule has 0 amide bonds. The number of carboxylic acid groups (broad SMARTS) is 1. The summed E-state index contributed by atoms with van der Waals surface area (Å²) in [6.45, 7) is 1.51. The molecule has 0 aromatic carbocycles. The number of ether oxygens (including phenoxy) is 2. The third-order valence-corrected chi connectivity index (χ3v) is 6.34. The molecule has 1 saturated heterocycles. The average Bonchev–Trinajstić information content (AvgIpc) is 3.05. The van der Waals surface area contributed by atoms with Gasteiger partial charge < -0.3 is 35.0 Å². The SMILES string of the molecule is CCCC=CC1C(OC2O[C@H](CO)[C@@H](O)[C@H](O)[C@H]2O)CC(=O)C1CCCCCCC(=O)O. The van der Waals surface area contributed by atoms with E-state index >= 15 is 0 Å². The molecule has 9 heteroatoms. The Morgan fingerprint density at radius 3 is 2.50 bits per heavy atom. The molecule has 2 aliphatic rings. The van der Waals surface area contributed by atoms with Crippen molar-refractivity contribution in [3.8, 4) is 0 Å². The third kappa shape index (κ3) is 7.33. The Balaban J connectivity index is 2.00. The Hall–Kier alpha value is -1.36. The van der Waals surface area contributed by atoms with Gasteiger partial charge in [-0.1, -0.05) is 44.8 Å². The Bertz CT molecular complexity index is 621. The summed E-state index contributed by atoms with van der Waals surface area (Å²) in [6.07, 6.45) is 2.51. The molecule has 1 saturated carbocycles. The average molecular weight is 459 g/mol. The van der Waals surface area contributed by atoms with Gasteiger partial charge in [0.25, 0.3) is 0 Å². The van der Waals surface area contributed by atoms with Gasteiger partial charge in [0.1, 0.15) is 30.2 Å². The predicted molar refractivity (Wildman–Crippen MR) is 115 cm³/mol. The number of aliphatic hydroxyl groups excluding tert-OH is 4. The zero-order valence-electron chi connectivity index (χ0n) is 18.7. The largest absolute Gasteiger partial charge is 0.481 e. The monoisotopic (exact) mass is 458 g/mol. The Labute approximate surface area is 189 Å². The lowest BCUT2D eigenvalue weighted by Gasteiger charge is -2.41. The normalized spacial score (nSPS) is 35.6. The minimum atomic E-state index is -1.53. The van der Waals surface area contributed by atoms with Crippen LogP contribution in [-0.4, -0.2) is 80.7 Å². The van der Waals surface area contributed by atoms with Gasteiger partial charge >= 0.3 is 5.97 Å². The van der Waals surface area contributed by atoms with Crippen molar-refractivity contribution >= 4 is 11.8 Å². The van der Waals surface area contributed by atoms with E-state index in [4.69, 9.17) is 14.6 Å². The van der Waals surface area contributed by atoms with E-state index in [0.717, 1.165) is 32.1 Å².